The molecule has 0 aliphatic carbocycles. The monoisotopic (exact) mass is 1350 g/mol. The van der Waals surface area contributed by atoms with Crippen molar-refractivity contribution in [3.63, 3.8) is 0 Å². The lowest BCUT2D eigenvalue weighted by atomic mass is 10.0. The molecule has 105 heavy (non-hydrogen) atoms. The second-order valence-electron chi connectivity index (χ2n) is 25.6. The second kappa shape index (κ2) is 30.0. The topological polar surface area (TPSA) is 29.5 Å². The molecule has 3 heterocycles. The molecule has 0 unspecified atom stereocenters. The Morgan fingerprint density at radius 1 is 0.200 bits per heavy atom. The highest BCUT2D eigenvalue weighted by atomic mass is 16.3. The number of hydrogen-bond donors (Lipinski definition) is 0. The van der Waals surface area contributed by atoms with E-state index in [-0.39, 0.29) is 0 Å². The van der Waals surface area contributed by atoms with Gasteiger partial charge in [0.05, 0.1) is 22.1 Å². The van der Waals surface area contributed by atoms with Crippen LogP contribution in [0.4, 0.5) is 34.1 Å². The van der Waals surface area contributed by atoms with Gasteiger partial charge in [-0.25, -0.2) is 0 Å². The number of hydrogen-bond acceptors (Lipinski definition) is 3. The molecule has 0 fully saturated rings. The lowest BCUT2D eigenvalue weighted by Crippen LogP contribution is -2.10. The van der Waals surface area contributed by atoms with E-state index in [1.165, 1.54) is 93.8 Å². The summed E-state index contributed by atoms with van der Waals surface area (Å²) in [6, 6.07) is 143. The van der Waals surface area contributed by atoms with Crippen LogP contribution in [-0.2, 0) is 0 Å². The van der Waals surface area contributed by atoms with Crippen molar-refractivity contribution in [1.82, 2.24) is 9.13 Å². The molecule has 504 valence electrons. The van der Waals surface area contributed by atoms with E-state index in [1.54, 1.807) is 0 Å². The standard InChI is InChI=1S/C48H30N2O.C48H36N2.2C2H6/c1-2-11-34(12-3-1)49-43-18-7-4-13-37(43)41-29-32(23-27-45(41)49)33-24-28-46-42(30-33)38-14-5-8-19-44(38)50(46)35-25-21-31(22-26-35)36-16-10-17-40-39-15-6-9-20-47(39)51-48(36)40;1-5-13-37(14-6-1)39-21-29-46(30-22-39)50(47-31-23-40(24-32-47)38-15-7-2-8-16-38)48-35-27-42(28-36-48)41-25-33-45(34-26-41)49(43-17-9-3-10-18-43)44-19-11-4-12-20-44;2*1-2/h1-30H;1-36H;2*1-2H3. The molecule has 0 N–H and O–H groups in total. The molecule has 0 bridgehead atoms. The predicted octanol–water partition coefficient (Wildman–Crippen LogP) is 28.8. The van der Waals surface area contributed by atoms with Gasteiger partial charge in [-0.2, -0.15) is 0 Å². The Kier molecular flexibility index (Phi) is 18.9. The summed E-state index contributed by atoms with van der Waals surface area (Å²) in [5, 5.41) is 7.29. The van der Waals surface area contributed by atoms with Crippen LogP contribution < -0.4 is 9.80 Å². The predicted molar refractivity (Wildman–Crippen MR) is 448 cm³/mol. The van der Waals surface area contributed by atoms with Crippen molar-refractivity contribution in [2.24, 2.45) is 0 Å². The highest BCUT2D eigenvalue weighted by molar-refractivity contribution is 6.13. The molecular weight excluding hydrogens is 1270 g/mol. The molecule has 5 heteroatoms. The number of aromatic nitrogens is 2. The maximum absolute atomic E-state index is 6.36. The average molecular weight is 1350 g/mol. The van der Waals surface area contributed by atoms with Crippen molar-refractivity contribution in [1.29, 1.82) is 0 Å². The first-order valence-corrected chi connectivity index (χ1v) is 36.5. The van der Waals surface area contributed by atoms with E-state index in [9.17, 15) is 0 Å². The molecule has 0 radical (unpaired) electrons. The molecule has 19 aromatic rings. The summed E-state index contributed by atoms with van der Waals surface area (Å²) >= 11 is 0. The fourth-order valence-electron chi connectivity index (χ4n) is 14.7. The van der Waals surface area contributed by atoms with Crippen LogP contribution >= 0.6 is 0 Å². The summed E-state index contributed by atoms with van der Waals surface area (Å²) in [7, 11) is 0. The molecule has 0 atom stereocenters. The molecule has 0 saturated heterocycles. The summed E-state index contributed by atoms with van der Waals surface area (Å²) in [5.74, 6) is 0. The van der Waals surface area contributed by atoms with Gasteiger partial charge in [0.1, 0.15) is 11.2 Å². The summed E-state index contributed by atoms with van der Waals surface area (Å²) in [6.07, 6.45) is 0. The van der Waals surface area contributed by atoms with Gasteiger partial charge >= 0.3 is 0 Å². The third-order valence-corrected chi connectivity index (χ3v) is 19.6. The first-order valence-electron chi connectivity index (χ1n) is 36.5. The lowest BCUT2D eigenvalue weighted by Gasteiger charge is -2.26. The van der Waals surface area contributed by atoms with E-state index in [1.807, 2.05) is 39.8 Å². The van der Waals surface area contributed by atoms with Crippen molar-refractivity contribution in [3.05, 3.63) is 400 Å². The Balaban J connectivity index is 0.000000154. The van der Waals surface area contributed by atoms with Crippen molar-refractivity contribution in [2.75, 3.05) is 9.80 Å². The number of anilines is 6. The van der Waals surface area contributed by atoms with Crippen LogP contribution in [0.1, 0.15) is 27.7 Å². The van der Waals surface area contributed by atoms with Gasteiger partial charge < -0.3 is 23.4 Å². The quantitative estimate of drug-likeness (QED) is 0.115. The molecule has 3 aromatic heterocycles. The summed E-state index contributed by atoms with van der Waals surface area (Å²) in [5.41, 5.74) is 27.5. The van der Waals surface area contributed by atoms with E-state index in [0.29, 0.717) is 0 Å². The van der Waals surface area contributed by atoms with Crippen LogP contribution in [0, 0.1) is 0 Å². The van der Waals surface area contributed by atoms with E-state index in [4.69, 9.17) is 4.42 Å². The third-order valence-electron chi connectivity index (χ3n) is 19.6. The smallest absolute Gasteiger partial charge is 0.143 e. The number of fused-ring (bicyclic) bond motifs is 9. The Morgan fingerprint density at radius 2 is 0.495 bits per heavy atom. The fourth-order valence-corrected chi connectivity index (χ4v) is 14.7. The van der Waals surface area contributed by atoms with Crippen LogP contribution in [0.5, 0.6) is 0 Å². The van der Waals surface area contributed by atoms with Gasteiger partial charge in [0.15, 0.2) is 0 Å². The largest absolute Gasteiger partial charge is 0.455 e. The van der Waals surface area contributed by atoms with E-state index >= 15 is 0 Å². The SMILES string of the molecule is CC.CC.c1ccc(-c2ccc(N(c3ccc(-c4ccccc4)cc3)c3ccc(-c4ccc(N(c5ccccc5)c5ccccc5)cc4)cc3)cc2)cc1.c1ccc(-n2c3ccccc3c3cc(-c4ccc5c(c4)c4ccccc4n5-c4ccc(-c5cccc6c5oc5ccccc56)cc4)ccc32)cc1. The number of furan rings is 1. The molecule has 19 rings (SSSR count). The minimum absolute atomic E-state index is 0.917. The minimum atomic E-state index is 0.917. The Hall–Kier alpha value is -13.5. The third kappa shape index (κ3) is 13.0. The van der Waals surface area contributed by atoms with Gasteiger partial charge in [0.25, 0.3) is 0 Å². The molecule has 0 amide bonds. The highest BCUT2D eigenvalue weighted by Gasteiger charge is 2.20. The van der Waals surface area contributed by atoms with Gasteiger partial charge in [-0.1, -0.05) is 289 Å². The van der Waals surface area contributed by atoms with Crippen molar-refractivity contribution < 1.29 is 4.42 Å². The molecule has 0 spiro atoms. The maximum atomic E-state index is 6.36. The molecule has 0 aliphatic rings. The van der Waals surface area contributed by atoms with Crippen LogP contribution in [0.25, 0.3) is 133 Å². The summed E-state index contributed by atoms with van der Waals surface area (Å²) in [6.45, 7) is 8.00. The molecule has 0 saturated carbocycles. The normalized spacial score (nSPS) is 11.0. The van der Waals surface area contributed by atoms with Crippen molar-refractivity contribution in [2.45, 2.75) is 27.7 Å². The molecule has 16 aromatic carbocycles. The van der Waals surface area contributed by atoms with E-state index in [2.05, 4.69) is 407 Å². The van der Waals surface area contributed by atoms with Crippen LogP contribution in [0.15, 0.2) is 405 Å². The average Bonchev–Trinajstić information content (AvgIpc) is 1.59. The van der Waals surface area contributed by atoms with E-state index < -0.39 is 0 Å². The zero-order valence-electron chi connectivity index (χ0n) is 59.3. The van der Waals surface area contributed by atoms with Crippen LogP contribution in [-0.4, -0.2) is 9.13 Å². The Labute approximate surface area is 614 Å². The number of rotatable bonds is 13. The zero-order valence-corrected chi connectivity index (χ0v) is 59.3. The van der Waals surface area contributed by atoms with Crippen LogP contribution in [0.2, 0.25) is 0 Å². The maximum Gasteiger partial charge on any atom is 0.143 e. The lowest BCUT2D eigenvalue weighted by molar-refractivity contribution is 0.670. The number of nitrogens with zero attached hydrogens (tertiary/aromatic N) is 4. The first-order chi connectivity index (χ1) is 52.1. The summed E-state index contributed by atoms with van der Waals surface area (Å²) in [4.78, 5) is 4.62. The number of benzene rings is 16. The van der Waals surface area contributed by atoms with Gasteiger partial charge in [-0.3, -0.25) is 0 Å². The fraction of sp³-hybridized carbons (Fsp3) is 0.0400. The van der Waals surface area contributed by atoms with Gasteiger partial charge in [-0.15, -0.1) is 0 Å². The van der Waals surface area contributed by atoms with E-state index in [0.717, 1.165) is 72.9 Å². The van der Waals surface area contributed by atoms with Crippen molar-refractivity contribution >= 4 is 99.7 Å². The molecule has 5 nitrogen and oxygen atoms in total. The van der Waals surface area contributed by atoms with Gasteiger partial charge in [0, 0.05) is 83.4 Å². The van der Waals surface area contributed by atoms with Crippen LogP contribution in [0.3, 0.4) is 0 Å². The molecular formula is C100H78N4O. The minimum Gasteiger partial charge on any atom is -0.455 e. The van der Waals surface area contributed by atoms with Gasteiger partial charge in [0.2, 0.25) is 0 Å². The Bertz CT molecular complexity index is 6010. The van der Waals surface area contributed by atoms with Crippen molar-refractivity contribution in [3.8, 4) is 67.0 Å². The zero-order chi connectivity index (χ0) is 71.0. The first kappa shape index (κ1) is 66.1. The molecule has 0 aliphatic heterocycles. The Morgan fingerprint density at radius 3 is 0.914 bits per heavy atom. The second-order valence-corrected chi connectivity index (χ2v) is 25.6. The highest BCUT2D eigenvalue weighted by Crippen LogP contribution is 2.43. The summed E-state index contributed by atoms with van der Waals surface area (Å²) < 4.78 is 11.1. The van der Waals surface area contributed by atoms with Gasteiger partial charge in [-0.05, 0) is 190 Å². The number of para-hydroxylation sites is 7.